The first-order valence-corrected chi connectivity index (χ1v) is 8.02. The van der Waals surface area contributed by atoms with E-state index in [0.29, 0.717) is 17.6 Å². The summed E-state index contributed by atoms with van der Waals surface area (Å²) in [7, 11) is 0. The zero-order valence-corrected chi connectivity index (χ0v) is 12.2. The van der Waals surface area contributed by atoms with Crippen LogP contribution < -0.4 is 0 Å². The van der Waals surface area contributed by atoms with Gasteiger partial charge in [-0.2, -0.15) is 0 Å². The summed E-state index contributed by atoms with van der Waals surface area (Å²) in [5.41, 5.74) is 3.61. The van der Waals surface area contributed by atoms with Gasteiger partial charge in [0, 0.05) is 11.5 Å². The predicted octanol–water partition coefficient (Wildman–Crippen LogP) is 4.94. The highest BCUT2D eigenvalue weighted by molar-refractivity contribution is 6.01. The van der Waals surface area contributed by atoms with Crippen LogP contribution >= 0.6 is 0 Å². The minimum Gasteiger partial charge on any atom is -0.294 e. The van der Waals surface area contributed by atoms with Gasteiger partial charge in [0.2, 0.25) is 0 Å². The second-order valence-electron chi connectivity index (χ2n) is 6.44. The summed E-state index contributed by atoms with van der Waals surface area (Å²) in [6.07, 6.45) is 4.82. The van der Waals surface area contributed by atoms with Crippen LogP contribution in [0.3, 0.4) is 0 Å². The summed E-state index contributed by atoms with van der Waals surface area (Å²) in [6, 6.07) is 18.8. The van der Waals surface area contributed by atoms with Gasteiger partial charge in [-0.3, -0.25) is 4.79 Å². The van der Waals surface area contributed by atoms with Crippen LogP contribution in [0.15, 0.2) is 54.6 Å². The lowest BCUT2D eigenvalue weighted by Crippen LogP contribution is -2.15. The Labute approximate surface area is 126 Å². The van der Waals surface area contributed by atoms with E-state index < -0.39 is 0 Å². The molecule has 2 aliphatic rings. The topological polar surface area (TPSA) is 17.1 Å². The van der Waals surface area contributed by atoms with Crippen LogP contribution in [0.5, 0.6) is 0 Å². The van der Waals surface area contributed by atoms with Gasteiger partial charge in [-0.15, -0.1) is 0 Å². The quantitative estimate of drug-likeness (QED) is 0.723. The fourth-order valence-corrected chi connectivity index (χ4v) is 3.55. The highest BCUT2D eigenvalue weighted by Gasteiger charge is 2.44. The molecule has 0 saturated heterocycles. The Balaban J connectivity index is 1.57. The van der Waals surface area contributed by atoms with Crippen molar-refractivity contribution in [3.8, 4) is 0 Å². The molecule has 106 valence electrons. The maximum atomic E-state index is 12.9. The van der Waals surface area contributed by atoms with Crippen molar-refractivity contribution >= 4 is 5.78 Å². The molecule has 1 heteroatoms. The Hall–Kier alpha value is -1.89. The third-order valence-electron chi connectivity index (χ3n) is 5.13. The molecule has 2 atom stereocenters. The second-order valence-corrected chi connectivity index (χ2v) is 6.44. The minimum atomic E-state index is 0.202. The molecule has 4 rings (SSSR count). The third-order valence-corrected chi connectivity index (χ3v) is 5.13. The number of rotatable bonds is 4. The summed E-state index contributed by atoms with van der Waals surface area (Å²) < 4.78 is 0. The van der Waals surface area contributed by atoms with E-state index in [-0.39, 0.29) is 5.92 Å². The number of carbonyl (C=O) groups is 1. The van der Waals surface area contributed by atoms with E-state index in [4.69, 9.17) is 0 Å². The highest BCUT2D eigenvalue weighted by Crippen LogP contribution is 2.50. The molecule has 2 aromatic rings. The number of benzene rings is 2. The van der Waals surface area contributed by atoms with Gasteiger partial charge in [0.05, 0.1) is 0 Å². The van der Waals surface area contributed by atoms with Gasteiger partial charge in [0.15, 0.2) is 5.78 Å². The van der Waals surface area contributed by atoms with E-state index in [1.165, 1.54) is 30.4 Å². The molecule has 0 heterocycles. The molecular weight excluding hydrogens is 256 g/mol. The van der Waals surface area contributed by atoms with Crippen LogP contribution in [0, 0.1) is 5.92 Å². The first kappa shape index (κ1) is 12.8. The number of hydrogen-bond donors (Lipinski definition) is 0. The van der Waals surface area contributed by atoms with E-state index in [1.807, 2.05) is 18.2 Å². The fraction of sp³-hybridized carbons (Fsp3) is 0.350. The van der Waals surface area contributed by atoms with Gasteiger partial charge in [0.25, 0.3) is 0 Å². The monoisotopic (exact) mass is 276 g/mol. The molecule has 2 fully saturated rings. The molecular formula is C20H20O. The zero-order chi connectivity index (χ0) is 14.2. The Morgan fingerprint density at radius 1 is 0.905 bits per heavy atom. The average Bonchev–Trinajstić information content (AvgIpc) is 3.27. The SMILES string of the molecule is O=C(c1ccccc1C1CCC1)C1CC1c1ccccc1. The highest BCUT2D eigenvalue weighted by atomic mass is 16.1. The molecule has 2 unspecified atom stereocenters. The molecule has 0 bridgehead atoms. The Morgan fingerprint density at radius 2 is 1.62 bits per heavy atom. The molecule has 1 nitrogen and oxygen atoms in total. The minimum absolute atomic E-state index is 0.202. The molecule has 0 spiro atoms. The van der Waals surface area contributed by atoms with Crippen LogP contribution in [-0.2, 0) is 0 Å². The van der Waals surface area contributed by atoms with Crippen LogP contribution in [0.2, 0.25) is 0 Å². The summed E-state index contributed by atoms with van der Waals surface area (Å²) in [5, 5.41) is 0. The van der Waals surface area contributed by atoms with Crippen LogP contribution in [-0.4, -0.2) is 5.78 Å². The molecule has 2 aromatic carbocycles. The fourth-order valence-electron chi connectivity index (χ4n) is 3.55. The van der Waals surface area contributed by atoms with Gasteiger partial charge in [-0.05, 0) is 42.2 Å². The van der Waals surface area contributed by atoms with Gasteiger partial charge in [0.1, 0.15) is 0 Å². The van der Waals surface area contributed by atoms with E-state index >= 15 is 0 Å². The molecule has 21 heavy (non-hydrogen) atoms. The van der Waals surface area contributed by atoms with Crippen molar-refractivity contribution in [3.63, 3.8) is 0 Å². The zero-order valence-electron chi connectivity index (χ0n) is 12.2. The molecule has 0 aliphatic heterocycles. The Kier molecular flexibility index (Phi) is 3.14. The summed E-state index contributed by atoms with van der Waals surface area (Å²) >= 11 is 0. The summed E-state index contributed by atoms with van der Waals surface area (Å²) in [6.45, 7) is 0. The lowest BCUT2D eigenvalue weighted by atomic mass is 9.77. The summed E-state index contributed by atoms with van der Waals surface area (Å²) in [4.78, 5) is 12.9. The lowest BCUT2D eigenvalue weighted by molar-refractivity contribution is 0.0963. The van der Waals surface area contributed by atoms with Crippen molar-refractivity contribution in [3.05, 3.63) is 71.3 Å². The molecule has 0 amide bonds. The molecule has 2 saturated carbocycles. The first-order valence-electron chi connectivity index (χ1n) is 8.02. The van der Waals surface area contributed by atoms with Crippen molar-refractivity contribution in [2.75, 3.05) is 0 Å². The molecule has 2 aliphatic carbocycles. The molecule has 0 aromatic heterocycles. The Morgan fingerprint density at radius 3 is 2.33 bits per heavy atom. The van der Waals surface area contributed by atoms with Crippen molar-refractivity contribution in [2.45, 2.75) is 37.5 Å². The Bertz CT molecular complexity index is 655. The third kappa shape index (κ3) is 2.31. The van der Waals surface area contributed by atoms with E-state index in [1.54, 1.807) is 0 Å². The van der Waals surface area contributed by atoms with Gasteiger partial charge in [-0.1, -0.05) is 61.0 Å². The van der Waals surface area contributed by atoms with Gasteiger partial charge >= 0.3 is 0 Å². The number of carbonyl (C=O) groups excluding carboxylic acids is 1. The average molecular weight is 276 g/mol. The standard InChI is InChI=1S/C20H20O/c21-20(19-13-18(19)15-7-2-1-3-8-15)17-12-5-4-11-16(17)14-9-6-10-14/h1-5,7-8,11-12,14,18-19H,6,9-10,13H2. The predicted molar refractivity (Wildman–Crippen MR) is 84.7 cm³/mol. The maximum Gasteiger partial charge on any atom is 0.166 e. The number of Topliss-reactive ketones (excluding diaryl/α,β-unsaturated/α-hetero) is 1. The number of ketones is 1. The van der Waals surface area contributed by atoms with Crippen LogP contribution in [0.1, 0.15) is 59.0 Å². The summed E-state index contributed by atoms with van der Waals surface area (Å²) in [5.74, 6) is 1.63. The van der Waals surface area contributed by atoms with Crippen LogP contribution in [0.25, 0.3) is 0 Å². The molecule has 0 N–H and O–H groups in total. The van der Waals surface area contributed by atoms with Crippen LogP contribution in [0.4, 0.5) is 0 Å². The van der Waals surface area contributed by atoms with Crippen molar-refractivity contribution in [2.24, 2.45) is 5.92 Å². The maximum absolute atomic E-state index is 12.9. The second kappa shape index (κ2) is 5.14. The first-order chi connectivity index (χ1) is 10.3. The van der Waals surface area contributed by atoms with E-state index in [9.17, 15) is 4.79 Å². The van der Waals surface area contributed by atoms with Crippen molar-refractivity contribution < 1.29 is 4.79 Å². The normalized spacial score (nSPS) is 24.4. The molecule has 0 radical (unpaired) electrons. The van der Waals surface area contributed by atoms with Crippen molar-refractivity contribution in [1.29, 1.82) is 0 Å². The van der Waals surface area contributed by atoms with E-state index in [2.05, 4.69) is 36.4 Å². The lowest BCUT2D eigenvalue weighted by Gasteiger charge is -2.27. The largest absolute Gasteiger partial charge is 0.294 e. The van der Waals surface area contributed by atoms with Crippen molar-refractivity contribution in [1.82, 2.24) is 0 Å². The smallest absolute Gasteiger partial charge is 0.166 e. The van der Waals surface area contributed by atoms with Gasteiger partial charge in [-0.25, -0.2) is 0 Å². The van der Waals surface area contributed by atoms with E-state index in [0.717, 1.165) is 12.0 Å². The number of hydrogen-bond acceptors (Lipinski definition) is 1. The van der Waals surface area contributed by atoms with Gasteiger partial charge < -0.3 is 0 Å².